The molecule has 2 heterocycles. The van der Waals surface area contributed by atoms with Gasteiger partial charge in [0.15, 0.2) is 0 Å². The van der Waals surface area contributed by atoms with Crippen LogP contribution in [-0.2, 0) is 21.4 Å². The second-order valence-electron chi connectivity index (χ2n) is 6.45. The molecule has 1 aromatic carbocycles. The number of likely N-dealkylation sites (N-methyl/N-ethyl adjacent to an activating group) is 1. The summed E-state index contributed by atoms with van der Waals surface area (Å²) in [6, 6.07) is 9.04. The number of nitrogens with zero attached hydrogens (tertiary/aromatic N) is 2. The molecule has 0 fully saturated rings. The first kappa shape index (κ1) is 21.4. The summed E-state index contributed by atoms with van der Waals surface area (Å²) in [5.41, 5.74) is 1.51. The summed E-state index contributed by atoms with van der Waals surface area (Å²) in [5, 5.41) is 5.40. The minimum Gasteiger partial charge on any atom is -0.356 e. The molecular formula is C21H21FN4O3S. The van der Waals surface area contributed by atoms with Crippen LogP contribution in [0.2, 0.25) is 0 Å². The van der Waals surface area contributed by atoms with E-state index in [4.69, 9.17) is 0 Å². The summed E-state index contributed by atoms with van der Waals surface area (Å²) >= 11 is 0. The van der Waals surface area contributed by atoms with Crippen LogP contribution in [0.4, 0.5) is 4.39 Å². The second kappa shape index (κ2) is 9.02. The van der Waals surface area contributed by atoms with Gasteiger partial charge in [-0.15, -0.1) is 0 Å². The van der Waals surface area contributed by atoms with Crippen molar-refractivity contribution in [2.24, 2.45) is 0 Å². The van der Waals surface area contributed by atoms with Gasteiger partial charge in [0.25, 0.3) is 10.0 Å². The molecule has 0 unspecified atom stereocenters. The quantitative estimate of drug-likeness (QED) is 0.564. The number of amides is 1. The normalized spacial score (nSPS) is 11.7. The largest absolute Gasteiger partial charge is 0.356 e. The van der Waals surface area contributed by atoms with Gasteiger partial charge in [-0.3, -0.25) is 9.78 Å². The van der Waals surface area contributed by atoms with E-state index in [9.17, 15) is 17.6 Å². The Morgan fingerprint density at radius 2 is 1.97 bits per heavy atom. The smallest absolute Gasteiger partial charge is 0.269 e. The molecule has 0 radical (unpaired) electrons. The lowest BCUT2D eigenvalue weighted by molar-refractivity contribution is -0.115. The predicted octanol–water partition coefficient (Wildman–Crippen LogP) is 2.40. The van der Waals surface area contributed by atoms with Crippen molar-refractivity contribution in [3.8, 4) is 11.3 Å². The first-order valence-corrected chi connectivity index (χ1v) is 10.5. The van der Waals surface area contributed by atoms with Crippen LogP contribution in [-0.4, -0.2) is 37.4 Å². The Bertz CT molecular complexity index is 1200. The lowest BCUT2D eigenvalue weighted by Crippen LogP contribution is -2.15. The molecule has 0 spiro atoms. The Hall–Kier alpha value is -3.30. The minimum atomic E-state index is -4.07. The van der Waals surface area contributed by atoms with E-state index in [0.717, 1.165) is 3.97 Å². The summed E-state index contributed by atoms with van der Waals surface area (Å²) in [6.45, 7) is 0.414. The first-order valence-electron chi connectivity index (χ1n) is 9.08. The van der Waals surface area contributed by atoms with Gasteiger partial charge >= 0.3 is 0 Å². The van der Waals surface area contributed by atoms with Gasteiger partial charge in [-0.2, -0.15) is 0 Å². The van der Waals surface area contributed by atoms with Gasteiger partial charge in [0.05, 0.1) is 5.69 Å². The fraction of sp³-hybridized carbons (Fsp3) is 0.143. The van der Waals surface area contributed by atoms with Crippen molar-refractivity contribution in [2.45, 2.75) is 11.4 Å². The molecule has 0 bridgehead atoms. The lowest BCUT2D eigenvalue weighted by atomic mass is 10.1. The van der Waals surface area contributed by atoms with Gasteiger partial charge in [0, 0.05) is 43.8 Å². The van der Waals surface area contributed by atoms with Gasteiger partial charge in [-0.1, -0.05) is 12.1 Å². The highest BCUT2D eigenvalue weighted by Crippen LogP contribution is 2.29. The van der Waals surface area contributed by atoms with E-state index in [1.165, 1.54) is 56.0 Å². The standard InChI is InChI=1S/C21H21FN4O3S/c1-23-11-16-10-20(18-5-3-4-6-19(18)22)26(14-16)30(28,29)17-9-15(12-25-13-17)7-8-21(27)24-2/h3-10,12-14,23H,11H2,1-2H3,(H,24,27)/b8-7+. The second-order valence-corrected chi connectivity index (χ2v) is 8.26. The van der Waals surface area contributed by atoms with Crippen LogP contribution in [0.15, 0.2) is 66.0 Å². The SMILES string of the molecule is CNCc1cc(-c2ccccc2F)n(S(=O)(=O)c2cncc(/C=C/C(=O)NC)c2)c1. The van der Waals surface area contributed by atoms with E-state index in [0.29, 0.717) is 17.7 Å². The van der Waals surface area contributed by atoms with Crippen LogP contribution in [0.5, 0.6) is 0 Å². The number of aromatic nitrogens is 2. The van der Waals surface area contributed by atoms with Crippen LogP contribution in [0.1, 0.15) is 11.1 Å². The van der Waals surface area contributed by atoms with Crippen LogP contribution in [0.25, 0.3) is 17.3 Å². The third kappa shape index (κ3) is 4.47. The van der Waals surface area contributed by atoms with Crippen LogP contribution in [0, 0.1) is 5.82 Å². The van der Waals surface area contributed by atoms with E-state index in [2.05, 4.69) is 15.6 Å². The molecule has 2 N–H and O–H groups in total. The van der Waals surface area contributed by atoms with Crippen molar-refractivity contribution in [1.29, 1.82) is 0 Å². The zero-order valence-corrected chi connectivity index (χ0v) is 17.3. The molecule has 0 saturated carbocycles. The van der Waals surface area contributed by atoms with Crippen molar-refractivity contribution < 1.29 is 17.6 Å². The summed E-state index contributed by atoms with van der Waals surface area (Å²) in [7, 11) is -0.846. The van der Waals surface area contributed by atoms with Gasteiger partial charge in [0.2, 0.25) is 5.91 Å². The molecule has 0 aliphatic rings. The fourth-order valence-electron chi connectivity index (χ4n) is 2.90. The topological polar surface area (TPSA) is 93.1 Å². The number of carbonyl (C=O) groups is 1. The Balaban J connectivity index is 2.12. The molecule has 3 aromatic rings. The molecule has 0 saturated heterocycles. The van der Waals surface area contributed by atoms with Gasteiger partial charge in [0.1, 0.15) is 10.7 Å². The molecule has 1 amide bonds. The molecule has 0 aliphatic carbocycles. The number of nitrogens with one attached hydrogen (secondary N) is 2. The number of rotatable bonds is 7. The summed E-state index contributed by atoms with van der Waals surface area (Å²) in [4.78, 5) is 15.3. The number of hydrogen-bond donors (Lipinski definition) is 2. The predicted molar refractivity (Wildman–Crippen MR) is 113 cm³/mol. The first-order chi connectivity index (χ1) is 14.4. The van der Waals surface area contributed by atoms with Gasteiger partial charge < -0.3 is 10.6 Å². The highest BCUT2D eigenvalue weighted by Gasteiger charge is 2.23. The molecule has 30 heavy (non-hydrogen) atoms. The third-order valence-electron chi connectivity index (χ3n) is 4.34. The average Bonchev–Trinajstić information content (AvgIpc) is 3.17. The Morgan fingerprint density at radius 1 is 1.20 bits per heavy atom. The van der Waals surface area contributed by atoms with E-state index >= 15 is 0 Å². The minimum absolute atomic E-state index is 0.0780. The molecule has 3 rings (SSSR count). The van der Waals surface area contributed by atoms with Crippen LogP contribution in [0.3, 0.4) is 0 Å². The van der Waals surface area contributed by atoms with Gasteiger partial charge in [-0.25, -0.2) is 16.8 Å². The summed E-state index contributed by atoms with van der Waals surface area (Å²) < 4.78 is 42.2. The Kier molecular flexibility index (Phi) is 6.43. The lowest BCUT2D eigenvalue weighted by Gasteiger charge is -2.11. The van der Waals surface area contributed by atoms with E-state index in [1.54, 1.807) is 25.2 Å². The van der Waals surface area contributed by atoms with E-state index < -0.39 is 15.8 Å². The number of hydrogen-bond acceptors (Lipinski definition) is 5. The molecule has 0 aliphatic heterocycles. The monoisotopic (exact) mass is 428 g/mol. The number of carbonyl (C=O) groups excluding carboxylic acids is 1. The van der Waals surface area contributed by atoms with E-state index in [1.807, 2.05) is 0 Å². The molecule has 2 aromatic heterocycles. The average molecular weight is 428 g/mol. The van der Waals surface area contributed by atoms with Crippen molar-refractivity contribution in [3.05, 3.63) is 78.0 Å². The maximum Gasteiger partial charge on any atom is 0.269 e. The molecular weight excluding hydrogens is 407 g/mol. The zero-order chi connectivity index (χ0) is 21.7. The maximum absolute atomic E-state index is 14.4. The highest BCUT2D eigenvalue weighted by molar-refractivity contribution is 7.90. The van der Waals surface area contributed by atoms with Crippen LogP contribution < -0.4 is 10.6 Å². The highest BCUT2D eigenvalue weighted by atomic mass is 32.2. The number of halogens is 1. The Morgan fingerprint density at radius 3 is 2.67 bits per heavy atom. The van der Waals surface area contributed by atoms with Gasteiger partial charge in [-0.05, 0) is 48.5 Å². The molecule has 0 atom stereocenters. The zero-order valence-electron chi connectivity index (χ0n) is 16.5. The summed E-state index contributed by atoms with van der Waals surface area (Å²) in [5.74, 6) is -0.851. The van der Waals surface area contributed by atoms with Crippen molar-refractivity contribution >= 4 is 22.0 Å². The number of pyridine rings is 1. The molecule has 156 valence electrons. The maximum atomic E-state index is 14.4. The van der Waals surface area contributed by atoms with Crippen molar-refractivity contribution in [1.82, 2.24) is 19.6 Å². The van der Waals surface area contributed by atoms with E-state index in [-0.39, 0.29) is 22.1 Å². The third-order valence-corrected chi connectivity index (χ3v) is 5.98. The molecule has 9 heteroatoms. The molecule has 7 nitrogen and oxygen atoms in total. The Labute approximate surface area is 174 Å². The van der Waals surface area contributed by atoms with Crippen molar-refractivity contribution in [2.75, 3.05) is 14.1 Å². The fourth-order valence-corrected chi connectivity index (χ4v) is 4.29. The number of benzene rings is 1. The summed E-state index contributed by atoms with van der Waals surface area (Å²) in [6.07, 6.45) is 6.86. The van der Waals surface area contributed by atoms with Crippen LogP contribution >= 0.6 is 0 Å². The van der Waals surface area contributed by atoms with Crippen molar-refractivity contribution in [3.63, 3.8) is 0 Å².